The quantitative estimate of drug-likeness (QED) is 0.690. The van der Waals surface area contributed by atoms with E-state index in [0.29, 0.717) is 11.3 Å². The molecule has 4 heteroatoms. The summed E-state index contributed by atoms with van der Waals surface area (Å²) in [4.78, 5) is 12.0. The molecule has 0 saturated heterocycles. The SMILES string of the molecule is Cc1ccc(N)cc1C(=O)NC(C)C(C)CO. The minimum atomic E-state index is -0.150. The molecule has 0 fully saturated rings. The Kier molecular flexibility index (Phi) is 4.52. The Balaban J connectivity index is 2.79. The van der Waals surface area contributed by atoms with Gasteiger partial charge in [-0.2, -0.15) is 0 Å². The van der Waals surface area contributed by atoms with Crippen molar-refractivity contribution in [3.05, 3.63) is 29.3 Å². The van der Waals surface area contributed by atoms with Crippen molar-refractivity contribution in [2.24, 2.45) is 5.92 Å². The predicted molar refractivity (Wildman–Crippen MR) is 68.8 cm³/mol. The minimum absolute atomic E-state index is 0.0281. The molecule has 0 aliphatic rings. The van der Waals surface area contributed by atoms with Crippen molar-refractivity contribution in [2.75, 3.05) is 12.3 Å². The third kappa shape index (κ3) is 3.46. The molecule has 0 spiro atoms. The monoisotopic (exact) mass is 236 g/mol. The number of benzene rings is 1. The van der Waals surface area contributed by atoms with Gasteiger partial charge >= 0.3 is 0 Å². The zero-order chi connectivity index (χ0) is 13.0. The van der Waals surface area contributed by atoms with E-state index in [4.69, 9.17) is 10.8 Å². The zero-order valence-corrected chi connectivity index (χ0v) is 10.5. The van der Waals surface area contributed by atoms with E-state index in [1.165, 1.54) is 0 Å². The van der Waals surface area contributed by atoms with Gasteiger partial charge in [-0.1, -0.05) is 13.0 Å². The second kappa shape index (κ2) is 5.68. The molecule has 94 valence electrons. The fourth-order valence-electron chi connectivity index (χ4n) is 1.47. The van der Waals surface area contributed by atoms with Gasteiger partial charge < -0.3 is 16.2 Å². The van der Waals surface area contributed by atoms with E-state index in [2.05, 4.69) is 5.32 Å². The molecule has 0 saturated carbocycles. The van der Waals surface area contributed by atoms with Crippen molar-refractivity contribution in [3.8, 4) is 0 Å². The average molecular weight is 236 g/mol. The van der Waals surface area contributed by atoms with Gasteiger partial charge in [0.15, 0.2) is 0 Å². The summed E-state index contributed by atoms with van der Waals surface area (Å²) in [5.74, 6) is -0.122. The Hall–Kier alpha value is -1.55. The van der Waals surface area contributed by atoms with Crippen molar-refractivity contribution >= 4 is 11.6 Å². The molecule has 4 N–H and O–H groups in total. The number of aryl methyl sites for hydroxylation is 1. The molecule has 2 atom stereocenters. The number of nitrogens with one attached hydrogen (secondary N) is 1. The van der Waals surface area contributed by atoms with Gasteiger partial charge in [0.2, 0.25) is 0 Å². The normalized spacial score (nSPS) is 14.1. The predicted octanol–water partition coefficient (Wildman–Crippen LogP) is 1.32. The Morgan fingerprint density at radius 1 is 1.47 bits per heavy atom. The molecule has 0 radical (unpaired) electrons. The number of hydrogen-bond donors (Lipinski definition) is 3. The third-order valence-corrected chi connectivity index (χ3v) is 3.01. The molecule has 1 aromatic rings. The molecular formula is C13H20N2O2. The van der Waals surface area contributed by atoms with Gasteiger partial charge in [0.05, 0.1) is 0 Å². The van der Waals surface area contributed by atoms with E-state index >= 15 is 0 Å². The largest absolute Gasteiger partial charge is 0.399 e. The average Bonchev–Trinajstić information content (AvgIpc) is 2.30. The van der Waals surface area contributed by atoms with Crippen LogP contribution in [0.15, 0.2) is 18.2 Å². The number of hydrogen-bond acceptors (Lipinski definition) is 3. The Morgan fingerprint density at radius 3 is 2.71 bits per heavy atom. The smallest absolute Gasteiger partial charge is 0.251 e. The molecule has 0 aliphatic carbocycles. The zero-order valence-electron chi connectivity index (χ0n) is 10.5. The van der Waals surface area contributed by atoms with Crippen LogP contribution in [0.4, 0.5) is 5.69 Å². The highest BCUT2D eigenvalue weighted by atomic mass is 16.3. The van der Waals surface area contributed by atoms with E-state index in [1.54, 1.807) is 12.1 Å². The van der Waals surface area contributed by atoms with Gasteiger partial charge in [0.25, 0.3) is 5.91 Å². The van der Waals surface area contributed by atoms with E-state index in [9.17, 15) is 4.79 Å². The number of carbonyl (C=O) groups is 1. The van der Waals surface area contributed by atoms with Gasteiger partial charge in [-0.25, -0.2) is 0 Å². The Bertz CT molecular complexity index is 404. The molecular weight excluding hydrogens is 216 g/mol. The molecule has 1 aromatic carbocycles. The first-order valence-corrected chi connectivity index (χ1v) is 5.73. The van der Waals surface area contributed by atoms with Crippen LogP contribution in [-0.2, 0) is 0 Å². The molecule has 1 rings (SSSR count). The first-order valence-electron chi connectivity index (χ1n) is 5.73. The van der Waals surface area contributed by atoms with Crippen LogP contribution in [0.2, 0.25) is 0 Å². The van der Waals surface area contributed by atoms with E-state index in [1.807, 2.05) is 26.8 Å². The maximum atomic E-state index is 12.0. The molecule has 0 heterocycles. The highest BCUT2D eigenvalue weighted by Gasteiger charge is 2.16. The van der Waals surface area contributed by atoms with Gasteiger partial charge in [0, 0.05) is 23.9 Å². The lowest BCUT2D eigenvalue weighted by Crippen LogP contribution is -2.38. The lowest BCUT2D eigenvalue weighted by atomic mass is 10.0. The van der Waals surface area contributed by atoms with Crippen LogP contribution >= 0.6 is 0 Å². The maximum Gasteiger partial charge on any atom is 0.251 e. The molecule has 0 aromatic heterocycles. The number of nitrogens with two attached hydrogens (primary N) is 1. The minimum Gasteiger partial charge on any atom is -0.399 e. The number of carbonyl (C=O) groups excluding carboxylic acids is 1. The molecule has 4 nitrogen and oxygen atoms in total. The standard InChI is InChI=1S/C13H20N2O2/c1-8-4-5-11(14)6-12(8)13(17)15-10(3)9(2)7-16/h4-6,9-10,16H,7,14H2,1-3H3,(H,15,17). The van der Waals surface area contributed by atoms with Crippen LogP contribution in [0.25, 0.3) is 0 Å². The summed E-state index contributed by atoms with van der Waals surface area (Å²) in [5.41, 5.74) is 7.71. The van der Waals surface area contributed by atoms with Crippen molar-refractivity contribution in [1.29, 1.82) is 0 Å². The van der Waals surface area contributed by atoms with E-state index in [0.717, 1.165) is 5.56 Å². The molecule has 17 heavy (non-hydrogen) atoms. The first kappa shape index (κ1) is 13.5. The lowest BCUT2D eigenvalue weighted by molar-refractivity contribution is 0.0915. The topological polar surface area (TPSA) is 75.4 Å². The summed E-state index contributed by atoms with van der Waals surface area (Å²) >= 11 is 0. The van der Waals surface area contributed by atoms with Gasteiger partial charge in [-0.3, -0.25) is 4.79 Å². The molecule has 2 unspecified atom stereocenters. The number of aliphatic hydroxyl groups excluding tert-OH is 1. The third-order valence-electron chi connectivity index (χ3n) is 3.01. The summed E-state index contributed by atoms with van der Waals surface area (Å²) in [6.45, 7) is 5.68. The second-order valence-corrected chi connectivity index (χ2v) is 4.50. The van der Waals surface area contributed by atoms with Crippen molar-refractivity contribution in [3.63, 3.8) is 0 Å². The van der Waals surface area contributed by atoms with Crippen LogP contribution in [0.3, 0.4) is 0 Å². The summed E-state index contributed by atoms with van der Waals surface area (Å²) in [7, 11) is 0. The van der Waals surface area contributed by atoms with Crippen molar-refractivity contribution in [2.45, 2.75) is 26.8 Å². The number of nitrogen functional groups attached to an aromatic ring is 1. The van der Waals surface area contributed by atoms with E-state index < -0.39 is 0 Å². The Morgan fingerprint density at radius 2 is 2.12 bits per heavy atom. The van der Waals surface area contributed by atoms with E-state index in [-0.39, 0.29) is 24.5 Å². The molecule has 1 amide bonds. The summed E-state index contributed by atoms with van der Waals surface area (Å²) in [6.07, 6.45) is 0. The summed E-state index contributed by atoms with van der Waals surface area (Å²) in [6, 6.07) is 5.19. The van der Waals surface area contributed by atoms with Crippen LogP contribution in [0, 0.1) is 12.8 Å². The van der Waals surface area contributed by atoms with Crippen molar-refractivity contribution in [1.82, 2.24) is 5.32 Å². The fraction of sp³-hybridized carbons (Fsp3) is 0.462. The van der Waals surface area contributed by atoms with Gasteiger partial charge in [0.1, 0.15) is 0 Å². The Labute approximate surface area is 102 Å². The second-order valence-electron chi connectivity index (χ2n) is 4.50. The summed E-state index contributed by atoms with van der Waals surface area (Å²) in [5, 5.41) is 11.9. The fourth-order valence-corrected chi connectivity index (χ4v) is 1.47. The number of anilines is 1. The number of aliphatic hydroxyl groups is 1. The lowest BCUT2D eigenvalue weighted by Gasteiger charge is -2.19. The number of rotatable bonds is 4. The van der Waals surface area contributed by atoms with Crippen LogP contribution in [0.5, 0.6) is 0 Å². The van der Waals surface area contributed by atoms with Crippen LogP contribution in [-0.4, -0.2) is 23.7 Å². The number of amides is 1. The molecule has 0 bridgehead atoms. The van der Waals surface area contributed by atoms with Crippen LogP contribution < -0.4 is 11.1 Å². The molecule has 0 aliphatic heterocycles. The highest BCUT2D eigenvalue weighted by Crippen LogP contribution is 2.13. The highest BCUT2D eigenvalue weighted by molar-refractivity contribution is 5.96. The van der Waals surface area contributed by atoms with Gasteiger partial charge in [-0.15, -0.1) is 0 Å². The van der Waals surface area contributed by atoms with Crippen LogP contribution in [0.1, 0.15) is 29.8 Å². The maximum absolute atomic E-state index is 12.0. The van der Waals surface area contributed by atoms with Gasteiger partial charge in [-0.05, 0) is 37.5 Å². The summed E-state index contributed by atoms with van der Waals surface area (Å²) < 4.78 is 0. The first-order chi connectivity index (χ1) is 7.95. The van der Waals surface area contributed by atoms with Crippen molar-refractivity contribution < 1.29 is 9.90 Å².